The first-order chi connectivity index (χ1) is 8.96. The molecule has 0 bridgehead atoms. The highest BCUT2D eigenvalue weighted by atomic mass is 32.2. The van der Waals surface area contributed by atoms with Crippen molar-refractivity contribution in [3.05, 3.63) is 53.3 Å². The summed E-state index contributed by atoms with van der Waals surface area (Å²) in [7, 11) is -1.51. The summed E-state index contributed by atoms with van der Waals surface area (Å²) in [5, 5.41) is 4.21. The molecule has 0 saturated heterocycles. The van der Waals surface area contributed by atoms with Crippen molar-refractivity contribution in [2.75, 3.05) is 0 Å². The van der Waals surface area contributed by atoms with Crippen LogP contribution in [0.1, 0.15) is 17.0 Å². The number of aryl methyl sites for hydroxylation is 2. The van der Waals surface area contributed by atoms with Crippen LogP contribution in [-0.4, -0.2) is 18.2 Å². The maximum atomic E-state index is 11.9. The smallest absolute Gasteiger partial charge is 0.216 e. The van der Waals surface area contributed by atoms with Gasteiger partial charge in [-0.25, -0.2) is 13.1 Å². The Labute approximate surface area is 113 Å². The number of rotatable bonds is 5. The average molecular weight is 279 g/mol. The molecule has 2 rings (SSSR count). The molecule has 0 amide bonds. The molecule has 2 aromatic rings. The summed E-state index contributed by atoms with van der Waals surface area (Å²) in [5.41, 5.74) is 2.49. The largest absolute Gasteiger partial charge is 0.273 e. The van der Waals surface area contributed by atoms with Crippen LogP contribution in [0.15, 0.2) is 36.4 Å². The fourth-order valence-corrected chi connectivity index (χ4v) is 2.85. The predicted molar refractivity (Wildman–Crippen MR) is 73.9 cm³/mol. The van der Waals surface area contributed by atoms with Gasteiger partial charge in [-0.15, -0.1) is 0 Å². The molecule has 6 heteroatoms. The summed E-state index contributed by atoms with van der Waals surface area (Å²) < 4.78 is 28.1. The van der Waals surface area contributed by atoms with E-state index in [9.17, 15) is 8.42 Å². The summed E-state index contributed by atoms with van der Waals surface area (Å²) in [6, 6.07) is 11.0. The molecule has 1 aromatic carbocycles. The van der Waals surface area contributed by atoms with Crippen molar-refractivity contribution in [3.63, 3.8) is 0 Å². The fraction of sp³-hybridized carbons (Fsp3) is 0.308. The lowest BCUT2D eigenvalue weighted by Crippen LogP contribution is -2.25. The monoisotopic (exact) mass is 279 g/mol. The summed E-state index contributed by atoms with van der Waals surface area (Å²) in [4.78, 5) is 0. The number of benzene rings is 1. The standard InChI is InChI=1S/C13H17N3O2S/c1-11-8-13(15-16(11)2)9-14-19(17,18)10-12-6-4-3-5-7-12/h3-8,14H,9-10H2,1-2H3. The zero-order valence-electron chi connectivity index (χ0n) is 11.0. The van der Waals surface area contributed by atoms with Crippen LogP contribution in [0.25, 0.3) is 0 Å². The zero-order valence-corrected chi connectivity index (χ0v) is 11.8. The van der Waals surface area contributed by atoms with Gasteiger partial charge in [-0.1, -0.05) is 30.3 Å². The van der Waals surface area contributed by atoms with Gasteiger partial charge in [0, 0.05) is 12.7 Å². The van der Waals surface area contributed by atoms with Crippen LogP contribution in [0.2, 0.25) is 0 Å². The van der Waals surface area contributed by atoms with E-state index in [0.29, 0.717) is 0 Å². The van der Waals surface area contributed by atoms with Crippen molar-refractivity contribution >= 4 is 10.0 Å². The molecule has 5 nitrogen and oxygen atoms in total. The van der Waals surface area contributed by atoms with Gasteiger partial charge in [0.15, 0.2) is 0 Å². The van der Waals surface area contributed by atoms with Gasteiger partial charge in [-0.3, -0.25) is 4.68 Å². The second-order valence-corrected chi connectivity index (χ2v) is 6.27. The van der Waals surface area contributed by atoms with E-state index in [-0.39, 0.29) is 12.3 Å². The zero-order chi connectivity index (χ0) is 13.9. The number of nitrogens with one attached hydrogen (secondary N) is 1. The molecule has 102 valence electrons. The van der Waals surface area contributed by atoms with Crippen LogP contribution in [0, 0.1) is 6.92 Å². The molecule has 0 atom stereocenters. The Morgan fingerprint density at radius 2 is 1.95 bits per heavy atom. The van der Waals surface area contributed by atoms with Gasteiger partial charge in [0.1, 0.15) is 0 Å². The van der Waals surface area contributed by atoms with Crippen LogP contribution in [0.3, 0.4) is 0 Å². The van der Waals surface area contributed by atoms with Crippen LogP contribution in [0.5, 0.6) is 0 Å². The Morgan fingerprint density at radius 1 is 1.26 bits per heavy atom. The van der Waals surface area contributed by atoms with Crippen LogP contribution in [0.4, 0.5) is 0 Å². The summed E-state index contributed by atoms with van der Waals surface area (Å²) >= 11 is 0. The third-order valence-corrected chi connectivity index (χ3v) is 4.13. The molecule has 19 heavy (non-hydrogen) atoms. The fourth-order valence-electron chi connectivity index (χ4n) is 1.75. The van der Waals surface area contributed by atoms with Crippen molar-refractivity contribution < 1.29 is 8.42 Å². The maximum Gasteiger partial charge on any atom is 0.216 e. The molecular weight excluding hydrogens is 262 g/mol. The van der Waals surface area contributed by atoms with Gasteiger partial charge in [0.05, 0.1) is 18.0 Å². The van der Waals surface area contributed by atoms with Crippen LogP contribution >= 0.6 is 0 Å². The minimum Gasteiger partial charge on any atom is -0.273 e. The third-order valence-electron chi connectivity index (χ3n) is 2.84. The number of hydrogen-bond donors (Lipinski definition) is 1. The van der Waals surface area contributed by atoms with Crippen molar-refractivity contribution in [1.82, 2.24) is 14.5 Å². The Bertz CT molecular complexity index is 628. The van der Waals surface area contributed by atoms with E-state index in [1.807, 2.05) is 38.2 Å². The first kappa shape index (κ1) is 13.8. The number of hydrogen-bond acceptors (Lipinski definition) is 3. The van der Waals surface area contributed by atoms with E-state index in [0.717, 1.165) is 17.0 Å². The highest BCUT2D eigenvalue weighted by Gasteiger charge is 2.12. The molecule has 0 fully saturated rings. The third kappa shape index (κ3) is 3.90. The second-order valence-electron chi connectivity index (χ2n) is 4.47. The molecule has 1 heterocycles. The second kappa shape index (κ2) is 5.54. The maximum absolute atomic E-state index is 11.9. The first-order valence-corrected chi connectivity index (χ1v) is 7.62. The lowest BCUT2D eigenvalue weighted by molar-refractivity contribution is 0.578. The summed E-state index contributed by atoms with van der Waals surface area (Å²) in [6.45, 7) is 2.14. The molecule has 0 aliphatic heterocycles. The van der Waals surface area contributed by atoms with Gasteiger partial charge < -0.3 is 0 Å². The SMILES string of the molecule is Cc1cc(CNS(=O)(=O)Cc2ccccc2)nn1C. The van der Waals surface area contributed by atoms with Gasteiger partial charge in [0.2, 0.25) is 10.0 Å². The molecular formula is C13H17N3O2S. The van der Waals surface area contributed by atoms with E-state index in [1.54, 1.807) is 16.8 Å². The van der Waals surface area contributed by atoms with Crippen LogP contribution in [-0.2, 0) is 29.4 Å². The molecule has 0 aliphatic rings. The lowest BCUT2D eigenvalue weighted by atomic mass is 10.2. The molecule has 1 aromatic heterocycles. The Balaban J connectivity index is 1.98. The van der Waals surface area contributed by atoms with E-state index < -0.39 is 10.0 Å². The quantitative estimate of drug-likeness (QED) is 0.898. The van der Waals surface area contributed by atoms with Crippen molar-refractivity contribution in [3.8, 4) is 0 Å². The molecule has 0 radical (unpaired) electrons. The Hall–Kier alpha value is -1.66. The number of aromatic nitrogens is 2. The molecule has 0 unspecified atom stereocenters. The average Bonchev–Trinajstić information content (AvgIpc) is 2.67. The van der Waals surface area contributed by atoms with Crippen molar-refractivity contribution in [2.24, 2.45) is 7.05 Å². The topological polar surface area (TPSA) is 64.0 Å². The van der Waals surface area contributed by atoms with Gasteiger partial charge in [0.25, 0.3) is 0 Å². The summed E-state index contributed by atoms with van der Waals surface area (Å²) in [5.74, 6) is -0.0142. The minimum atomic E-state index is -3.34. The van der Waals surface area contributed by atoms with Gasteiger partial charge in [-0.05, 0) is 18.6 Å². The van der Waals surface area contributed by atoms with Gasteiger partial charge in [-0.2, -0.15) is 5.10 Å². The van der Waals surface area contributed by atoms with Gasteiger partial charge >= 0.3 is 0 Å². The Morgan fingerprint density at radius 3 is 2.53 bits per heavy atom. The lowest BCUT2D eigenvalue weighted by Gasteiger charge is -2.05. The Kier molecular flexibility index (Phi) is 4.01. The van der Waals surface area contributed by atoms with Crippen LogP contribution < -0.4 is 4.72 Å². The van der Waals surface area contributed by atoms with E-state index in [1.165, 1.54) is 0 Å². The van der Waals surface area contributed by atoms with E-state index in [2.05, 4.69) is 9.82 Å². The van der Waals surface area contributed by atoms with E-state index >= 15 is 0 Å². The normalized spacial score (nSPS) is 11.7. The predicted octanol–water partition coefficient (Wildman–Crippen LogP) is 1.35. The highest BCUT2D eigenvalue weighted by Crippen LogP contribution is 2.06. The first-order valence-electron chi connectivity index (χ1n) is 5.97. The number of sulfonamides is 1. The van der Waals surface area contributed by atoms with E-state index in [4.69, 9.17) is 0 Å². The molecule has 0 spiro atoms. The highest BCUT2D eigenvalue weighted by molar-refractivity contribution is 7.88. The van der Waals surface area contributed by atoms with Crippen molar-refractivity contribution in [2.45, 2.75) is 19.2 Å². The molecule has 1 N–H and O–H groups in total. The number of nitrogens with zero attached hydrogens (tertiary/aromatic N) is 2. The summed E-state index contributed by atoms with van der Waals surface area (Å²) in [6.07, 6.45) is 0. The molecule has 0 saturated carbocycles. The minimum absolute atomic E-state index is 0.0142. The van der Waals surface area contributed by atoms with Crippen molar-refractivity contribution in [1.29, 1.82) is 0 Å². The molecule has 0 aliphatic carbocycles.